The van der Waals surface area contributed by atoms with E-state index in [1.54, 1.807) is 25.1 Å². The van der Waals surface area contributed by atoms with Crippen molar-refractivity contribution in [2.75, 3.05) is 19.8 Å². The van der Waals surface area contributed by atoms with E-state index in [9.17, 15) is 8.42 Å². The Bertz CT molecular complexity index is 542. The second-order valence-electron chi connectivity index (χ2n) is 5.50. The van der Waals surface area contributed by atoms with E-state index >= 15 is 0 Å². The summed E-state index contributed by atoms with van der Waals surface area (Å²) in [4.78, 5) is 0.293. The van der Waals surface area contributed by atoms with E-state index in [0.717, 1.165) is 12.0 Å². The van der Waals surface area contributed by atoms with E-state index in [2.05, 4.69) is 18.6 Å². The molecule has 120 valence electrons. The standard InChI is InChI=1S/C15H26N2O3S/c1-12(2)6-8-20-9-7-17-21(18,19)15-5-4-14(11-16)10-13(15)3/h4-5,10,12,17H,6-9,11,16H2,1-3H3. The molecule has 0 saturated heterocycles. The summed E-state index contributed by atoms with van der Waals surface area (Å²) in [5.74, 6) is 0.588. The number of nitrogens with one attached hydrogen (secondary N) is 1. The summed E-state index contributed by atoms with van der Waals surface area (Å²) in [6, 6.07) is 5.13. The van der Waals surface area contributed by atoms with Crippen molar-refractivity contribution in [3.63, 3.8) is 0 Å². The zero-order valence-corrected chi connectivity index (χ0v) is 13.9. The number of rotatable bonds is 9. The number of nitrogens with two attached hydrogens (primary N) is 1. The molecule has 0 aliphatic heterocycles. The molecule has 0 bridgehead atoms. The van der Waals surface area contributed by atoms with Crippen molar-refractivity contribution < 1.29 is 13.2 Å². The summed E-state index contributed by atoms with van der Waals surface area (Å²) in [6.45, 7) is 7.73. The monoisotopic (exact) mass is 314 g/mol. The van der Waals surface area contributed by atoms with Crippen LogP contribution in [0.2, 0.25) is 0 Å². The molecule has 0 aliphatic rings. The molecule has 1 rings (SSSR count). The summed E-state index contributed by atoms with van der Waals surface area (Å²) in [7, 11) is -3.49. The average Bonchev–Trinajstić information content (AvgIpc) is 2.41. The van der Waals surface area contributed by atoms with Crippen LogP contribution < -0.4 is 10.5 Å². The minimum Gasteiger partial charge on any atom is -0.380 e. The van der Waals surface area contributed by atoms with E-state index in [0.29, 0.717) is 36.1 Å². The summed E-state index contributed by atoms with van der Waals surface area (Å²) in [6.07, 6.45) is 0.979. The van der Waals surface area contributed by atoms with Crippen LogP contribution in [-0.4, -0.2) is 28.2 Å². The number of sulfonamides is 1. The van der Waals surface area contributed by atoms with Gasteiger partial charge in [0.15, 0.2) is 0 Å². The number of benzene rings is 1. The van der Waals surface area contributed by atoms with Gasteiger partial charge in [-0.1, -0.05) is 26.0 Å². The summed E-state index contributed by atoms with van der Waals surface area (Å²) in [5, 5.41) is 0. The molecular weight excluding hydrogens is 288 g/mol. The molecule has 0 aliphatic carbocycles. The van der Waals surface area contributed by atoms with Crippen LogP contribution in [0.5, 0.6) is 0 Å². The highest BCUT2D eigenvalue weighted by Gasteiger charge is 2.16. The highest BCUT2D eigenvalue weighted by molar-refractivity contribution is 7.89. The molecule has 0 atom stereocenters. The Balaban J connectivity index is 2.50. The average molecular weight is 314 g/mol. The van der Waals surface area contributed by atoms with E-state index in [-0.39, 0.29) is 6.54 Å². The smallest absolute Gasteiger partial charge is 0.240 e. The molecule has 0 amide bonds. The molecule has 0 radical (unpaired) electrons. The van der Waals surface area contributed by atoms with Gasteiger partial charge in [0.05, 0.1) is 11.5 Å². The van der Waals surface area contributed by atoms with Crippen molar-refractivity contribution >= 4 is 10.0 Å². The van der Waals surface area contributed by atoms with Crippen molar-refractivity contribution in [2.24, 2.45) is 11.7 Å². The molecule has 0 heterocycles. The van der Waals surface area contributed by atoms with Crippen molar-refractivity contribution in [3.8, 4) is 0 Å². The van der Waals surface area contributed by atoms with Gasteiger partial charge in [-0.05, 0) is 36.5 Å². The summed E-state index contributed by atoms with van der Waals surface area (Å²) in [5.41, 5.74) is 7.16. The lowest BCUT2D eigenvalue weighted by molar-refractivity contribution is 0.128. The maximum Gasteiger partial charge on any atom is 0.240 e. The van der Waals surface area contributed by atoms with Crippen LogP contribution in [0.25, 0.3) is 0 Å². The molecule has 0 unspecified atom stereocenters. The zero-order valence-electron chi connectivity index (χ0n) is 13.1. The van der Waals surface area contributed by atoms with E-state index < -0.39 is 10.0 Å². The maximum atomic E-state index is 12.2. The molecule has 1 aromatic rings. The first-order chi connectivity index (χ1) is 9.86. The Labute approximate surface area is 127 Å². The minimum atomic E-state index is -3.49. The van der Waals surface area contributed by atoms with Gasteiger partial charge in [-0.15, -0.1) is 0 Å². The molecule has 0 aromatic heterocycles. The third-order valence-electron chi connectivity index (χ3n) is 3.14. The Morgan fingerprint density at radius 3 is 2.57 bits per heavy atom. The maximum absolute atomic E-state index is 12.2. The van der Waals surface area contributed by atoms with Gasteiger partial charge in [0.25, 0.3) is 0 Å². The predicted molar refractivity (Wildman–Crippen MR) is 84.5 cm³/mol. The van der Waals surface area contributed by atoms with Crippen molar-refractivity contribution in [3.05, 3.63) is 29.3 Å². The van der Waals surface area contributed by atoms with Crippen molar-refractivity contribution in [1.29, 1.82) is 0 Å². The summed E-state index contributed by atoms with van der Waals surface area (Å²) < 4.78 is 32.3. The second kappa shape index (κ2) is 8.48. The first kappa shape index (κ1) is 18.1. The SMILES string of the molecule is Cc1cc(CN)ccc1S(=O)(=O)NCCOCCC(C)C. The van der Waals surface area contributed by atoms with Gasteiger partial charge in [-0.3, -0.25) is 0 Å². The van der Waals surface area contributed by atoms with Crippen LogP contribution in [0.3, 0.4) is 0 Å². The van der Waals surface area contributed by atoms with Crippen LogP contribution in [0, 0.1) is 12.8 Å². The van der Waals surface area contributed by atoms with Gasteiger partial charge in [-0.2, -0.15) is 0 Å². The highest BCUT2D eigenvalue weighted by atomic mass is 32.2. The Hall–Kier alpha value is -0.950. The predicted octanol–water partition coefficient (Wildman–Crippen LogP) is 1.79. The van der Waals surface area contributed by atoms with Crippen LogP contribution >= 0.6 is 0 Å². The Kier molecular flexibility index (Phi) is 7.31. The van der Waals surface area contributed by atoms with Gasteiger partial charge in [0.2, 0.25) is 10.0 Å². The number of hydrogen-bond donors (Lipinski definition) is 2. The molecule has 0 fully saturated rings. The van der Waals surface area contributed by atoms with E-state index in [1.807, 2.05) is 0 Å². The molecule has 6 heteroatoms. The zero-order chi connectivity index (χ0) is 15.9. The lowest BCUT2D eigenvalue weighted by atomic mass is 10.1. The third kappa shape index (κ3) is 6.13. The third-order valence-corrected chi connectivity index (χ3v) is 4.76. The van der Waals surface area contributed by atoms with Gasteiger partial charge in [0.1, 0.15) is 0 Å². The lowest BCUT2D eigenvalue weighted by Gasteiger charge is -2.11. The Morgan fingerprint density at radius 2 is 2.00 bits per heavy atom. The summed E-state index contributed by atoms with van der Waals surface area (Å²) >= 11 is 0. The largest absolute Gasteiger partial charge is 0.380 e. The Morgan fingerprint density at radius 1 is 1.29 bits per heavy atom. The van der Waals surface area contributed by atoms with Crippen molar-refractivity contribution in [1.82, 2.24) is 4.72 Å². The molecule has 21 heavy (non-hydrogen) atoms. The van der Waals surface area contributed by atoms with Gasteiger partial charge in [-0.25, -0.2) is 13.1 Å². The molecule has 0 saturated carbocycles. The quantitative estimate of drug-likeness (QED) is 0.681. The minimum absolute atomic E-state index is 0.276. The van der Waals surface area contributed by atoms with Crippen LogP contribution in [0.15, 0.2) is 23.1 Å². The van der Waals surface area contributed by atoms with E-state index in [4.69, 9.17) is 10.5 Å². The second-order valence-corrected chi connectivity index (χ2v) is 7.23. The fraction of sp³-hybridized carbons (Fsp3) is 0.600. The fourth-order valence-electron chi connectivity index (χ4n) is 1.89. The van der Waals surface area contributed by atoms with Gasteiger partial charge in [0, 0.05) is 19.7 Å². The molecular formula is C15H26N2O3S. The topological polar surface area (TPSA) is 81.4 Å². The first-order valence-corrected chi connectivity index (χ1v) is 8.72. The highest BCUT2D eigenvalue weighted by Crippen LogP contribution is 2.16. The van der Waals surface area contributed by atoms with E-state index in [1.165, 1.54) is 0 Å². The molecule has 1 aromatic carbocycles. The van der Waals surface area contributed by atoms with Gasteiger partial charge < -0.3 is 10.5 Å². The fourth-order valence-corrected chi connectivity index (χ4v) is 3.12. The number of aryl methyl sites for hydroxylation is 1. The lowest BCUT2D eigenvalue weighted by Crippen LogP contribution is -2.28. The molecule has 0 spiro atoms. The normalized spacial score (nSPS) is 12.0. The van der Waals surface area contributed by atoms with Crippen LogP contribution in [0.4, 0.5) is 0 Å². The first-order valence-electron chi connectivity index (χ1n) is 7.24. The molecule has 5 nitrogen and oxygen atoms in total. The number of ether oxygens (including phenoxy) is 1. The number of hydrogen-bond acceptors (Lipinski definition) is 4. The van der Waals surface area contributed by atoms with Crippen LogP contribution in [-0.2, 0) is 21.3 Å². The van der Waals surface area contributed by atoms with Crippen molar-refractivity contribution in [2.45, 2.75) is 38.6 Å². The van der Waals surface area contributed by atoms with Gasteiger partial charge >= 0.3 is 0 Å². The molecule has 3 N–H and O–H groups in total. The van der Waals surface area contributed by atoms with Crippen LogP contribution in [0.1, 0.15) is 31.4 Å².